The molecule has 1 aromatic heterocycles. The van der Waals surface area contributed by atoms with E-state index in [0.717, 1.165) is 29.9 Å². The zero-order valence-electron chi connectivity index (χ0n) is 11.3. The maximum atomic E-state index is 5.16. The molecule has 1 N–H and O–H groups in total. The van der Waals surface area contributed by atoms with Crippen molar-refractivity contribution in [1.29, 1.82) is 0 Å². The van der Waals surface area contributed by atoms with E-state index in [9.17, 15) is 0 Å². The Balaban J connectivity index is 1.58. The first-order valence-electron chi connectivity index (χ1n) is 6.55. The van der Waals surface area contributed by atoms with Gasteiger partial charge in [0.1, 0.15) is 5.75 Å². The fraction of sp³-hybridized carbons (Fsp3) is 0.188. The molecular formula is C16H16N2OS. The average molecular weight is 284 g/mol. The van der Waals surface area contributed by atoms with Crippen LogP contribution in [0.2, 0.25) is 0 Å². The number of ether oxygens (including phenoxy) is 1. The number of nitrogens with zero attached hydrogens (tertiary/aromatic N) is 1. The molecular weight excluding hydrogens is 268 g/mol. The Morgan fingerprint density at radius 1 is 1.15 bits per heavy atom. The summed E-state index contributed by atoms with van der Waals surface area (Å²) >= 11 is 1.67. The van der Waals surface area contributed by atoms with Gasteiger partial charge in [0.25, 0.3) is 0 Å². The van der Waals surface area contributed by atoms with E-state index in [1.165, 1.54) is 10.3 Å². The number of hydrogen-bond donors (Lipinski definition) is 1. The van der Waals surface area contributed by atoms with Gasteiger partial charge >= 0.3 is 0 Å². The average Bonchev–Trinajstić information content (AvgIpc) is 2.95. The van der Waals surface area contributed by atoms with Crippen LogP contribution in [0.15, 0.2) is 48.0 Å². The molecule has 3 rings (SSSR count). The first-order chi connectivity index (χ1) is 9.85. The van der Waals surface area contributed by atoms with Crippen LogP contribution < -0.4 is 10.1 Å². The second-order valence-corrected chi connectivity index (χ2v) is 5.45. The summed E-state index contributed by atoms with van der Waals surface area (Å²) in [6.07, 6.45) is 0.991. The van der Waals surface area contributed by atoms with Crippen LogP contribution in [0.4, 0.5) is 5.69 Å². The number of rotatable bonds is 5. The number of methoxy groups -OCH3 is 1. The molecule has 0 atom stereocenters. The first kappa shape index (κ1) is 12.9. The summed E-state index contributed by atoms with van der Waals surface area (Å²) in [5.41, 5.74) is 5.40. The maximum Gasteiger partial charge on any atom is 0.118 e. The molecule has 3 aromatic rings. The minimum absolute atomic E-state index is 0.900. The van der Waals surface area contributed by atoms with Gasteiger partial charge in [0.05, 0.1) is 22.8 Å². The molecule has 0 aliphatic carbocycles. The lowest BCUT2D eigenvalue weighted by Crippen LogP contribution is -2.04. The standard InChI is InChI=1S/C16H16N2OS/c1-19-14-5-2-12(3-6-14)8-9-17-13-4-7-15-16(10-13)20-11-18-15/h2-7,10-11,17H,8-9H2,1H3. The molecule has 0 bridgehead atoms. The van der Waals surface area contributed by atoms with Gasteiger partial charge in [-0.15, -0.1) is 11.3 Å². The van der Waals surface area contributed by atoms with Crippen molar-refractivity contribution in [2.75, 3.05) is 19.0 Å². The highest BCUT2D eigenvalue weighted by molar-refractivity contribution is 7.16. The highest BCUT2D eigenvalue weighted by atomic mass is 32.1. The normalized spacial score (nSPS) is 10.7. The summed E-state index contributed by atoms with van der Waals surface area (Å²) < 4.78 is 6.38. The van der Waals surface area contributed by atoms with E-state index in [1.807, 2.05) is 17.6 Å². The van der Waals surface area contributed by atoms with Gasteiger partial charge in [-0.2, -0.15) is 0 Å². The third kappa shape index (κ3) is 2.91. The van der Waals surface area contributed by atoms with Crippen molar-refractivity contribution in [3.05, 3.63) is 53.5 Å². The van der Waals surface area contributed by atoms with E-state index in [2.05, 4.69) is 40.6 Å². The first-order valence-corrected chi connectivity index (χ1v) is 7.43. The van der Waals surface area contributed by atoms with Gasteiger partial charge in [0.2, 0.25) is 0 Å². The van der Waals surface area contributed by atoms with Gasteiger partial charge in [-0.3, -0.25) is 0 Å². The largest absolute Gasteiger partial charge is 0.497 e. The molecule has 4 heteroatoms. The summed E-state index contributed by atoms with van der Waals surface area (Å²) in [5.74, 6) is 0.900. The fourth-order valence-electron chi connectivity index (χ4n) is 2.11. The fourth-order valence-corrected chi connectivity index (χ4v) is 2.82. The minimum atomic E-state index is 0.900. The van der Waals surface area contributed by atoms with Crippen LogP contribution in [0.5, 0.6) is 5.75 Å². The van der Waals surface area contributed by atoms with Crippen LogP contribution in [0.25, 0.3) is 10.2 Å². The molecule has 0 saturated carbocycles. The van der Waals surface area contributed by atoms with Gasteiger partial charge in [-0.1, -0.05) is 12.1 Å². The van der Waals surface area contributed by atoms with Crippen LogP contribution in [-0.4, -0.2) is 18.6 Å². The number of anilines is 1. The van der Waals surface area contributed by atoms with Crippen molar-refractivity contribution in [2.24, 2.45) is 0 Å². The van der Waals surface area contributed by atoms with Crippen LogP contribution in [0.3, 0.4) is 0 Å². The quantitative estimate of drug-likeness (QED) is 0.770. The van der Waals surface area contributed by atoms with Crippen molar-refractivity contribution in [3.63, 3.8) is 0 Å². The zero-order chi connectivity index (χ0) is 13.8. The SMILES string of the molecule is COc1ccc(CCNc2ccc3ncsc3c2)cc1. The highest BCUT2D eigenvalue weighted by Crippen LogP contribution is 2.21. The molecule has 3 nitrogen and oxygen atoms in total. The van der Waals surface area contributed by atoms with E-state index in [-0.39, 0.29) is 0 Å². The predicted molar refractivity (Wildman–Crippen MR) is 84.8 cm³/mol. The van der Waals surface area contributed by atoms with Crippen LogP contribution in [-0.2, 0) is 6.42 Å². The molecule has 2 aromatic carbocycles. The maximum absolute atomic E-state index is 5.16. The van der Waals surface area contributed by atoms with Crippen LogP contribution >= 0.6 is 11.3 Å². The summed E-state index contributed by atoms with van der Waals surface area (Å²) in [6, 6.07) is 14.5. The van der Waals surface area contributed by atoms with E-state index in [0.29, 0.717) is 0 Å². The van der Waals surface area contributed by atoms with Crippen molar-refractivity contribution in [3.8, 4) is 5.75 Å². The number of hydrogen-bond acceptors (Lipinski definition) is 4. The van der Waals surface area contributed by atoms with E-state index < -0.39 is 0 Å². The third-order valence-electron chi connectivity index (χ3n) is 3.23. The van der Waals surface area contributed by atoms with Crippen molar-refractivity contribution >= 4 is 27.2 Å². The highest BCUT2D eigenvalue weighted by Gasteiger charge is 1.99. The summed E-state index contributed by atoms with van der Waals surface area (Å²) in [4.78, 5) is 4.28. The predicted octanol–water partition coefficient (Wildman–Crippen LogP) is 3.96. The van der Waals surface area contributed by atoms with Gasteiger partial charge in [0.15, 0.2) is 0 Å². The van der Waals surface area contributed by atoms with Gasteiger partial charge in [0, 0.05) is 12.2 Å². The molecule has 0 spiro atoms. The van der Waals surface area contributed by atoms with E-state index in [1.54, 1.807) is 18.4 Å². The van der Waals surface area contributed by atoms with Crippen molar-refractivity contribution in [1.82, 2.24) is 4.98 Å². The van der Waals surface area contributed by atoms with Crippen molar-refractivity contribution < 1.29 is 4.74 Å². The summed E-state index contributed by atoms with van der Waals surface area (Å²) in [5, 5.41) is 3.45. The molecule has 0 aliphatic rings. The second kappa shape index (κ2) is 5.92. The Morgan fingerprint density at radius 3 is 2.80 bits per heavy atom. The smallest absolute Gasteiger partial charge is 0.118 e. The van der Waals surface area contributed by atoms with Gasteiger partial charge in [-0.05, 0) is 42.3 Å². The topological polar surface area (TPSA) is 34.1 Å². The number of benzene rings is 2. The molecule has 0 saturated heterocycles. The Hall–Kier alpha value is -2.07. The lowest BCUT2D eigenvalue weighted by atomic mass is 10.1. The number of aromatic nitrogens is 1. The Kier molecular flexibility index (Phi) is 3.83. The lowest BCUT2D eigenvalue weighted by Gasteiger charge is -2.07. The third-order valence-corrected chi connectivity index (χ3v) is 4.02. The molecule has 0 amide bonds. The molecule has 0 aliphatic heterocycles. The Labute approximate surface area is 122 Å². The van der Waals surface area contributed by atoms with Crippen molar-refractivity contribution in [2.45, 2.75) is 6.42 Å². The van der Waals surface area contributed by atoms with E-state index >= 15 is 0 Å². The summed E-state index contributed by atoms with van der Waals surface area (Å²) in [6.45, 7) is 0.913. The summed E-state index contributed by atoms with van der Waals surface area (Å²) in [7, 11) is 1.69. The number of thiazole rings is 1. The van der Waals surface area contributed by atoms with Gasteiger partial charge < -0.3 is 10.1 Å². The Morgan fingerprint density at radius 2 is 2.00 bits per heavy atom. The molecule has 0 unspecified atom stereocenters. The number of nitrogens with one attached hydrogen (secondary N) is 1. The molecule has 1 heterocycles. The van der Waals surface area contributed by atoms with E-state index in [4.69, 9.17) is 4.74 Å². The second-order valence-electron chi connectivity index (χ2n) is 4.56. The zero-order valence-corrected chi connectivity index (χ0v) is 12.1. The van der Waals surface area contributed by atoms with Crippen LogP contribution in [0, 0.1) is 0 Å². The molecule has 20 heavy (non-hydrogen) atoms. The van der Waals surface area contributed by atoms with Gasteiger partial charge in [-0.25, -0.2) is 4.98 Å². The van der Waals surface area contributed by atoms with Crippen LogP contribution in [0.1, 0.15) is 5.56 Å². The lowest BCUT2D eigenvalue weighted by molar-refractivity contribution is 0.414. The molecule has 0 radical (unpaired) electrons. The minimum Gasteiger partial charge on any atom is -0.497 e. The monoisotopic (exact) mass is 284 g/mol. The number of fused-ring (bicyclic) bond motifs is 1. The molecule has 0 fully saturated rings. The molecule has 102 valence electrons. The Bertz CT molecular complexity index is 691.